The molecule has 1 amide bonds. The minimum atomic E-state index is -0.452. The Morgan fingerprint density at radius 2 is 1.70 bits per heavy atom. The lowest BCUT2D eigenvalue weighted by Crippen LogP contribution is -2.38. The van der Waals surface area contributed by atoms with E-state index in [0.29, 0.717) is 35.9 Å². The molecule has 0 radical (unpaired) electrons. The zero-order valence-electron chi connectivity index (χ0n) is 25.4. The van der Waals surface area contributed by atoms with Crippen molar-refractivity contribution < 1.29 is 9.53 Å². The van der Waals surface area contributed by atoms with Gasteiger partial charge in [-0.05, 0) is 70.5 Å². The Balaban J connectivity index is 1.21. The number of nitrogens with zero attached hydrogens (tertiary/aromatic N) is 5. The second-order valence-electron chi connectivity index (χ2n) is 12.1. The minimum Gasteiger partial charge on any atom is -0.497 e. The number of fused-ring (bicyclic) bond motifs is 1. The summed E-state index contributed by atoms with van der Waals surface area (Å²) in [4.78, 5) is 45.7. The standard InChI is InChI=1S/C35H35N5O4/c1-35(2,3)28-9-7-26(8-10-28)33(42)37-17-13-25(14-18-37)27-15-19-38-30(21-27)36-22-31(38)39-20-16-32(41)40(34(39)43)23-24-5-11-29(44-4)12-6-24/h5-13,15-16,19-22H,14,17-18,23H2,1-4H3. The molecule has 4 heterocycles. The van der Waals surface area contributed by atoms with Crippen molar-refractivity contribution in [2.75, 3.05) is 20.2 Å². The number of pyridine rings is 1. The highest BCUT2D eigenvalue weighted by molar-refractivity contribution is 5.95. The van der Waals surface area contributed by atoms with Gasteiger partial charge >= 0.3 is 5.69 Å². The van der Waals surface area contributed by atoms with Crippen molar-refractivity contribution in [1.82, 2.24) is 23.4 Å². The molecule has 0 bridgehead atoms. The highest BCUT2D eigenvalue weighted by Crippen LogP contribution is 2.26. The number of aromatic nitrogens is 4. The normalized spacial score (nSPS) is 13.6. The Labute approximate surface area is 255 Å². The number of amides is 1. The number of benzene rings is 2. The Morgan fingerprint density at radius 3 is 2.36 bits per heavy atom. The lowest BCUT2D eigenvalue weighted by atomic mass is 9.86. The van der Waals surface area contributed by atoms with E-state index in [1.54, 1.807) is 25.4 Å². The highest BCUT2D eigenvalue weighted by atomic mass is 16.5. The van der Waals surface area contributed by atoms with Gasteiger partial charge in [0.2, 0.25) is 0 Å². The number of rotatable bonds is 6. The van der Waals surface area contributed by atoms with Crippen LogP contribution in [-0.4, -0.2) is 49.5 Å². The third kappa shape index (κ3) is 5.60. The first-order valence-electron chi connectivity index (χ1n) is 14.6. The number of hydrogen-bond acceptors (Lipinski definition) is 5. The van der Waals surface area contributed by atoms with Crippen LogP contribution in [0.5, 0.6) is 5.75 Å². The van der Waals surface area contributed by atoms with Crippen LogP contribution in [0.2, 0.25) is 0 Å². The summed E-state index contributed by atoms with van der Waals surface area (Å²) in [6, 6.07) is 20.5. The van der Waals surface area contributed by atoms with E-state index in [1.165, 1.54) is 27.0 Å². The van der Waals surface area contributed by atoms with Crippen molar-refractivity contribution in [3.63, 3.8) is 0 Å². The number of methoxy groups -OCH3 is 1. The average Bonchev–Trinajstić information content (AvgIpc) is 3.46. The van der Waals surface area contributed by atoms with Crippen molar-refractivity contribution >= 4 is 17.1 Å². The first-order chi connectivity index (χ1) is 21.1. The largest absolute Gasteiger partial charge is 0.497 e. The van der Waals surface area contributed by atoms with Gasteiger partial charge in [0.05, 0.1) is 19.9 Å². The maximum Gasteiger partial charge on any atom is 0.337 e. The second kappa shape index (κ2) is 11.5. The maximum absolute atomic E-state index is 13.4. The van der Waals surface area contributed by atoms with Crippen LogP contribution in [0, 0.1) is 0 Å². The summed E-state index contributed by atoms with van der Waals surface area (Å²) in [5.74, 6) is 1.27. The summed E-state index contributed by atoms with van der Waals surface area (Å²) in [5, 5.41) is 0. The molecule has 9 nitrogen and oxygen atoms in total. The summed E-state index contributed by atoms with van der Waals surface area (Å²) < 4.78 is 9.66. The van der Waals surface area contributed by atoms with E-state index in [4.69, 9.17) is 4.74 Å². The van der Waals surface area contributed by atoms with Crippen LogP contribution in [0.1, 0.15) is 54.2 Å². The summed E-state index contributed by atoms with van der Waals surface area (Å²) in [6.07, 6.45) is 7.82. The Morgan fingerprint density at radius 1 is 0.955 bits per heavy atom. The van der Waals surface area contributed by atoms with Crippen LogP contribution in [0.4, 0.5) is 0 Å². The van der Waals surface area contributed by atoms with E-state index in [1.807, 2.05) is 64.0 Å². The number of carbonyl (C=O) groups is 1. The summed E-state index contributed by atoms with van der Waals surface area (Å²) in [7, 11) is 1.59. The van der Waals surface area contributed by atoms with Gasteiger partial charge in [-0.2, -0.15) is 0 Å². The van der Waals surface area contributed by atoms with Gasteiger partial charge in [-0.15, -0.1) is 0 Å². The molecule has 0 N–H and O–H groups in total. The minimum absolute atomic E-state index is 0.0351. The molecule has 5 aromatic rings. The molecule has 44 heavy (non-hydrogen) atoms. The van der Waals surface area contributed by atoms with Gasteiger partial charge in [-0.3, -0.25) is 23.1 Å². The molecule has 0 aliphatic carbocycles. The van der Waals surface area contributed by atoms with Gasteiger partial charge in [0, 0.05) is 37.1 Å². The zero-order valence-corrected chi connectivity index (χ0v) is 25.4. The monoisotopic (exact) mass is 589 g/mol. The van der Waals surface area contributed by atoms with E-state index in [2.05, 4.69) is 31.8 Å². The molecule has 224 valence electrons. The van der Waals surface area contributed by atoms with Gasteiger partial charge in [-0.1, -0.05) is 51.1 Å². The van der Waals surface area contributed by atoms with Crippen molar-refractivity contribution in [3.8, 4) is 11.6 Å². The van der Waals surface area contributed by atoms with Crippen LogP contribution in [-0.2, 0) is 12.0 Å². The number of carbonyl (C=O) groups excluding carboxylic acids is 1. The van der Waals surface area contributed by atoms with E-state index in [0.717, 1.165) is 23.1 Å². The van der Waals surface area contributed by atoms with Crippen molar-refractivity contribution in [3.05, 3.63) is 134 Å². The van der Waals surface area contributed by atoms with E-state index in [-0.39, 0.29) is 23.4 Å². The smallest absolute Gasteiger partial charge is 0.337 e. The summed E-state index contributed by atoms with van der Waals surface area (Å²) in [6.45, 7) is 7.78. The Hall–Kier alpha value is -5.18. The first kappa shape index (κ1) is 28.9. The van der Waals surface area contributed by atoms with E-state index >= 15 is 0 Å². The van der Waals surface area contributed by atoms with Gasteiger partial charge in [0.25, 0.3) is 11.5 Å². The van der Waals surface area contributed by atoms with Crippen LogP contribution in [0.25, 0.3) is 17.0 Å². The molecule has 9 heteroatoms. The molecule has 1 aliphatic rings. The molecule has 3 aromatic heterocycles. The van der Waals surface area contributed by atoms with Crippen LogP contribution in [0.3, 0.4) is 0 Å². The fraction of sp³-hybridized carbons (Fsp3) is 0.257. The number of ether oxygens (including phenoxy) is 1. The lowest BCUT2D eigenvalue weighted by Gasteiger charge is -2.27. The molecule has 0 spiro atoms. The van der Waals surface area contributed by atoms with Crippen LogP contribution < -0.4 is 16.0 Å². The summed E-state index contributed by atoms with van der Waals surface area (Å²) >= 11 is 0. The molecule has 0 saturated heterocycles. The van der Waals surface area contributed by atoms with Crippen LogP contribution in [0.15, 0.2) is 101 Å². The SMILES string of the molecule is COc1ccc(Cn2c(=O)ccn(-c3cnc4cc(C5=CCN(C(=O)c6ccc(C(C)(C)C)cc6)CC5)ccn34)c2=O)cc1. The Kier molecular flexibility index (Phi) is 7.55. The number of hydrogen-bond donors (Lipinski definition) is 0. The van der Waals surface area contributed by atoms with Crippen molar-refractivity contribution in [1.29, 1.82) is 0 Å². The molecule has 2 aromatic carbocycles. The van der Waals surface area contributed by atoms with E-state index in [9.17, 15) is 14.4 Å². The second-order valence-corrected chi connectivity index (χ2v) is 12.1. The van der Waals surface area contributed by atoms with E-state index < -0.39 is 5.69 Å². The third-order valence-electron chi connectivity index (χ3n) is 8.17. The predicted molar refractivity (Wildman–Crippen MR) is 171 cm³/mol. The molecule has 6 rings (SSSR count). The van der Waals surface area contributed by atoms with Crippen molar-refractivity contribution in [2.24, 2.45) is 0 Å². The van der Waals surface area contributed by atoms with Crippen molar-refractivity contribution in [2.45, 2.75) is 39.2 Å². The molecule has 0 atom stereocenters. The third-order valence-corrected chi connectivity index (χ3v) is 8.17. The van der Waals surface area contributed by atoms with Gasteiger partial charge < -0.3 is 9.64 Å². The Bertz CT molecular complexity index is 1990. The highest BCUT2D eigenvalue weighted by Gasteiger charge is 2.21. The van der Waals surface area contributed by atoms with Gasteiger partial charge in [-0.25, -0.2) is 9.78 Å². The first-order valence-corrected chi connectivity index (χ1v) is 14.6. The van der Waals surface area contributed by atoms with Gasteiger partial charge in [0.15, 0.2) is 0 Å². The molecule has 0 saturated carbocycles. The molecule has 0 unspecified atom stereocenters. The quantitative estimate of drug-likeness (QED) is 0.280. The molecular formula is C35H35N5O4. The fourth-order valence-electron chi connectivity index (χ4n) is 5.51. The predicted octanol–water partition coefficient (Wildman–Crippen LogP) is 4.93. The average molecular weight is 590 g/mol. The summed E-state index contributed by atoms with van der Waals surface area (Å²) in [5.41, 5.74) is 4.77. The van der Waals surface area contributed by atoms with Crippen LogP contribution >= 0.6 is 0 Å². The van der Waals surface area contributed by atoms with Gasteiger partial charge in [0.1, 0.15) is 17.2 Å². The molecular weight excluding hydrogens is 554 g/mol. The molecule has 0 fully saturated rings. The molecule has 1 aliphatic heterocycles. The number of imidazole rings is 1. The zero-order chi connectivity index (χ0) is 31.0. The fourth-order valence-corrected chi connectivity index (χ4v) is 5.51. The maximum atomic E-state index is 13.4. The topological polar surface area (TPSA) is 90.8 Å². The lowest BCUT2D eigenvalue weighted by molar-refractivity contribution is 0.0773.